The average Bonchev–Trinajstić information content (AvgIpc) is 3.08. The fraction of sp³-hybridized carbons (Fsp3) is 0.350. The number of ether oxygens (including phenoxy) is 1. The Labute approximate surface area is 152 Å². The van der Waals surface area contributed by atoms with Crippen LogP contribution in [0.4, 0.5) is 5.69 Å². The van der Waals surface area contributed by atoms with E-state index in [1.165, 1.54) is 0 Å². The molecule has 0 aliphatic carbocycles. The van der Waals surface area contributed by atoms with Crippen molar-refractivity contribution in [3.8, 4) is 0 Å². The van der Waals surface area contributed by atoms with E-state index in [1.807, 2.05) is 49.4 Å². The number of nitrogens with zero attached hydrogens (tertiary/aromatic N) is 2. The van der Waals surface area contributed by atoms with Gasteiger partial charge in [-0.15, -0.1) is 0 Å². The van der Waals surface area contributed by atoms with E-state index in [9.17, 15) is 4.79 Å². The largest absolute Gasteiger partial charge is 0.368 e. The molecular weight excluding hydrogens is 330 g/mol. The number of carbonyl (C=O) groups is 1. The average molecular weight is 353 g/mol. The summed E-state index contributed by atoms with van der Waals surface area (Å²) in [6.07, 6.45) is -0.247. The van der Waals surface area contributed by atoms with Crippen LogP contribution in [0.5, 0.6) is 0 Å². The second-order valence-electron chi connectivity index (χ2n) is 6.67. The summed E-state index contributed by atoms with van der Waals surface area (Å²) in [6.45, 7) is 6.61. The summed E-state index contributed by atoms with van der Waals surface area (Å²) in [7, 11) is 0. The molecule has 6 heteroatoms. The quantitative estimate of drug-likeness (QED) is 0.691. The van der Waals surface area contributed by atoms with Gasteiger partial charge in [-0.3, -0.25) is 4.79 Å². The number of amides is 1. The summed E-state index contributed by atoms with van der Waals surface area (Å²) in [5.41, 5.74) is 0.769. The first-order valence-electron chi connectivity index (χ1n) is 8.74. The fourth-order valence-corrected chi connectivity index (χ4v) is 2.58. The maximum Gasteiger partial charge on any atom is 0.255 e. The van der Waals surface area contributed by atoms with Crippen LogP contribution in [0.15, 0.2) is 47.0 Å². The van der Waals surface area contributed by atoms with Crippen LogP contribution >= 0.6 is 0 Å². The lowest BCUT2D eigenvalue weighted by molar-refractivity contribution is -0.115. The van der Waals surface area contributed by atoms with E-state index in [1.54, 1.807) is 0 Å². The second kappa shape index (κ2) is 8.10. The van der Waals surface area contributed by atoms with Crippen LogP contribution < -0.4 is 5.32 Å². The molecule has 0 saturated heterocycles. The third kappa shape index (κ3) is 4.46. The molecule has 1 aromatic heterocycles. The monoisotopic (exact) mass is 353 g/mol. The Bertz CT molecular complexity index is 883. The van der Waals surface area contributed by atoms with E-state index in [4.69, 9.17) is 9.26 Å². The Morgan fingerprint density at radius 2 is 1.92 bits per heavy atom. The van der Waals surface area contributed by atoms with Gasteiger partial charge in [0.1, 0.15) is 6.10 Å². The van der Waals surface area contributed by atoms with Crippen molar-refractivity contribution >= 4 is 22.4 Å². The van der Waals surface area contributed by atoms with Crippen LogP contribution in [-0.4, -0.2) is 22.7 Å². The zero-order valence-corrected chi connectivity index (χ0v) is 15.2. The molecule has 0 spiro atoms. The van der Waals surface area contributed by atoms with E-state index in [0.717, 1.165) is 16.5 Å². The van der Waals surface area contributed by atoms with Crippen molar-refractivity contribution in [2.75, 3.05) is 11.9 Å². The highest BCUT2D eigenvalue weighted by Crippen LogP contribution is 2.23. The van der Waals surface area contributed by atoms with Gasteiger partial charge in [0.15, 0.2) is 5.82 Å². The SMILES string of the molecule is CC(C)COC(C)c1nc(CC(=O)Nc2cccc3ccccc23)no1. The molecule has 0 saturated carbocycles. The van der Waals surface area contributed by atoms with Crippen LogP contribution in [-0.2, 0) is 16.0 Å². The molecule has 1 atom stereocenters. The summed E-state index contributed by atoms with van der Waals surface area (Å²) in [5.74, 6) is 0.965. The predicted molar refractivity (Wildman–Crippen MR) is 99.8 cm³/mol. The van der Waals surface area contributed by atoms with Gasteiger partial charge in [-0.05, 0) is 24.3 Å². The molecule has 3 rings (SSSR count). The minimum atomic E-state index is -0.292. The van der Waals surface area contributed by atoms with E-state index in [2.05, 4.69) is 29.3 Å². The summed E-state index contributed by atoms with van der Waals surface area (Å²) >= 11 is 0. The van der Waals surface area contributed by atoms with Gasteiger partial charge < -0.3 is 14.6 Å². The fourth-order valence-electron chi connectivity index (χ4n) is 2.58. The summed E-state index contributed by atoms with van der Waals surface area (Å²) < 4.78 is 10.9. The molecule has 0 bridgehead atoms. The van der Waals surface area contributed by atoms with Crippen LogP contribution in [0.25, 0.3) is 10.8 Å². The van der Waals surface area contributed by atoms with Crippen LogP contribution in [0.3, 0.4) is 0 Å². The van der Waals surface area contributed by atoms with Crippen molar-refractivity contribution in [1.82, 2.24) is 10.1 Å². The Hall–Kier alpha value is -2.73. The molecule has 1 unspecified atom stereocenters. The third-order valence-corrected chi connectivity index (χ3v) is 3.89. The molecule has 0 radical (unpaired) electrons. The van der Waals surface area contributed by atoms with Gasteiger partial charge in [0, 0.05) is 17.7 Å². The van der Waals surface area contributed by atoms with E-state index in [0.29, 0.717) is 24.2 Å². The van der Waals surface area contributed by atoms with E-state index in [-0.39, 0.29) is 18.4 Å². The molecule has 1 amide bonds. The number of hydrogen-bond acceptors (Lipinski definition) is 5. The molecule has 136 valence electrons. The lowest BCUT2D eigenvalue weighted by atomic mass is 10.1. The first-order chi connectivity index (χ1) is 12.5. The minimum Gasteiger partial charge on any atom is -0.368 e. The zero-order chi connectivity index (χ0) is 18.5. The molecule has 0 aliphatic rings. The summed E-state index contributed by atoms with van der Waals surface area (Å²) in [4.78, 5) is 16.6. The number of nitrogens with one attached hydrogen (secondary N) is 1. The van der Waals surface area contributed by atoms with Gasteiger partial charge >= 0.3 is 0 Å². The summed E-state index contributed by atoms with van der Waals surface area (Å²) in [5, 5.41) is 8.87. The molecule has 0 fully saturated rings. The van der Waals surface area contributed by atoms with Gasteiger partial charge in [0.2, 0.25) is 5.91 Å². The van der Waals surface area contributed by atoms with Crippen molar-refractivity contribution in [2.24, 2.45) is 5.92 Å². The highest BCUT2D eigenvalue weighted by Gasteiger charge is 2.17. The van der Waals surface area contributed by atoms with Gasteiger partial charge in [-0.1, -0.05) is 55.4 Å². The predicted octanol–water partition coefficient (Wildman–Crippen LogP) is 4.14. The molecule has 26 heavy (non-hydrogen) atoms. The Morgan fingerprint density at radius 3 is 2.73 bits per heavy atom. The second-order valence-corrected chi connectivity index (χ2v) is 6.67. The maximum absolute atomic E-state index is 12.4. The van der Waals surface area contributed by atoms with Gasteiger partial charge in [-0.25, -0.2) is 0 Å². The lowest BCUT2D eigenvalue weighted by Crippen LogP contribution is -2.15. The maximum atomic E-state index is 12.4. The number of aromatic nitrogens is 2. The van der Waals surface area contributed by atoms with Crippen molar-refractivity contribution in [3.05, 3.63) is 54.2 Å². The van der Waals surface area contributed by atoms with Crippen molar-refractivity contribution in [2.45, 2.75) is 33.3 Å². The third-order valence-electron chi connectivity index (χ3n) is 3.89. The number of fused-ring (bicyclic) bond motifs is 1. The molecule has 6 nitrogen and oxygen atoms in total. The Morgan fingerprint density at radius 1 is 1.15 bits per heavy atom. The van der Waals surface area contributed by atoms with Crippen molar-refractivity contribution < 1.29 is 14.1 Å². The number of benzene rings is 2. The molecule has 3 aromatic rings. The molecular formula is C20H23N3O3. The molecule has 2 aromatic carbocycles. The first-order valence-corrected chi connectivity index (χ1v) is 8.74. The van der Waals surface area contributed by atoms with Gasteiger partial charge in [0.25, 0.3) is 5.89 Å². The van der Waals surface area contributed by atoms with E-state index >= 15 is 0 Å². The number of rotatable bonds is 7. The summed E-state index contributed by atoms with van der Waals surface area (Å²) in [6, 6.07) is 13.7. The minimum absolute atomic E-state index is 0.0453. The highest BCUT2D eigenvalue weighted by atomic mass is 16.5. The number of carbonyl (C=O) groups excluding carboxylic acids is 1. The van der Waals surface area contributed by atoms with E-state index < -0.39 is 0 Å². The lowest BCUT2D eigenvalue weighted by Gasteiger charge is -2.10. The standard InChI is InChI=1S/C20H23N3O3/c1-13(2)12-25-14(3)20-22-18(23-26-20)11-19(24)21-17-10-6-8-15-7-4-5-9-16(15)17/h4-10,13-14H,11-12H2,1-3H3,(H,21,24). The topological polar surface area (TPSA) is 77.2 Å². The number of hydrogen-bond donors (Lipinski definition) is 1. The van der Waals surface area contributed by atoms with Crippen LogP contribution in [0.2, 0.25) is 0 Å². The van der Waals surface area contributed by atoms with Crippen molar-refractivity contribution in [3.63, 3.8) is 0 Å². The first kappa shape index (κ1) is 18.1. The van der Waals surface area contributed by atoms with Crippen LogP contribution in [0.1, 0.15) is 38.6 Å². The Kier molecular flexibility index (Phi) is 5.63. The molecule has 0 aliphatic heterocycles. The van der Waals surface area contributed by atoms with Gasteiger partial charge in [-0.2, -0.15) is 4.98 Å². The van der Waals surface area contributed by atoms with Crippen LogP contribution in [0, 0.1) is 5.92 Å². The van der Waals surface area contributed by atoms with Gasteiger partial charge in [0.05, 0.1) is 6.42 Å². The normalized spacial score (nSPS) is 12.5. The number of anilines is 1. The molecule has 1 heterocycles. The highest BCUT2D eigenvalue weighted by molar-refractivity contribution is 6.02. The Balaban J connectivity index is 1.63. The zero-order valence-electron chi connectivity index (χ0n) is 15.2. The molecule has 1 N–H and O–H groups in total. The van der Waals surface area contributed by atoms with Crippen molar-refractivity contribution in [1.29, 1.82) is 0 Å². The smallest absolute Gasteiger partial charge is 0.255 e.